The molecule has 0 radical (unpaired) electrons. The van der Waals surface area contributed by atoms with Crippen molar-refractivity contribution in [2.45, 2.75) is 77.2 Å². The minimum atomic E-state index is -0.252. The number of esters is 1. The Morgan fingerprint density at radius 2 is 1.58 bits per heavy atom. The smallest absolute Gasteiger partial charge is 0.338 e. The van der Waals surface area contributed by atoms with Gasteiger partial charge in [-0.1, -0.05) is 32.6 Å². The summed E-state index contributed by atoms with van der Waals surface area (Å²) in [7, 11) is 0. The average molecular weight is 354 g/mol. The standard InChI is InChI=1S/C23H31NO2/c1-2-3-17-4-8-19(9-5-17)20-12-14-22(15-13-20)26-23(25)21-10-6-18(16-24)7-11-21/h6-7,10-11,17,19-20,22H,2-5,8-9,12-15H2,1H3. The predicted octanol–water partition coefficient (Wildman–Crippen LogP) is 5.88. The van der Waals surface area contributed by atoms with Crippen LogP contribution in [0.3, 0.4) is 0 Å². The number of carbonyl (C=O) groups excluding carboxylic acids is 1. The molecule has 2 aliphatic carbocycles. The molecule has 0 heterocycles. The fourth-order valence-corrected chi connectivity index (χ4v) is 4.93. The zero-order valence-electron chi connectivity index (χ0n) is 16.0. The molecule has 0 aromatic heterocycles. The number of nitriles is 1. The Morgan fingerprint density at radius 1 is 1.00 bits per heavy atom. The summed E-state index contributed by atoms with van der Waals surface area (Å²) in [5.74, 6) is 2.46. The third-order valence-corrected chi connectivity index (χ3v) is 6.50. The van der Waals surface area contributed by atoms with Crippen LogP contribution in [0.15, 0.2) is 24.3 Å². The van der Waals surface area contributed by atoms with Gasteiger partial charge >= 0.3 is 5.97 Å². The van der Waals surface area contributed by atoms with E-state index in [9.17, 15) is 4.79 Å². The first-order valence-electron chi connectivity index (χ1n) is 10.4. The monoisotopic (exact) mass is 353 g/mol. The lowest BCUT2D eigenvalue weighted by molar-refractivity contribution is 0.0109. The number of carbonyl (C=O) groups is 1. The lowest BCUT2D eigenvalue weighted by Gasteiger charge is -2.37. The van der Waals surface area contributed by atoms with Gasteiger partial charge in [-0.2, -0.15) is 5.26 Å². The molecule has 2 aliphatic rings. The lowest BCUT2D eigenvalue weighted by Crippen LogP contribution is -2.29. The van der Waals surface area contributed by atoms with E-state index in [-0.39, 0.29) is 12.1 Å². The average Bonchev–Trinajstić information content (AvgIpc) is 2.69. The predicted molar refractivity (Wildman–Crippen MR) is 103 cm³/mol. The molecule has 0 N–H and O–H groups in total. The lowest BCUT2D eigenvalue weighted by atomic mass is 9.70. The molecule has 0 spiro atoms. The maximum atomic E-state index is 12.3. The third-order valence-electron chi connectivity index (χ3n) is 6.50. The van der Waals surface area contributed by atoms with Gasteiger partial charge < -0.3 is 4.74 Å². The highest BCUT2D eigenvalue weighted by Crippen LogP contribution is 2.41. The summed E-state index contributed by atoms with van der Waals surface area (Å²) in [6.45, 7) is 2.30. The molecule has 2 saturated carbocycles. The number of hydrogen-bond acceptors (Lipinski definition) is 3. The molecule has 2 fully saturated rings. The number of nitrogens with zero attached hydrogens (tertiary/aromatic N) is 1. The zero-order chi connectivity index (χ0) is 18.4. The Labute approximate surface area is 157 Å². The van der Waals surface area contributed by atoms with Gasteiger partial charge in [-0.25, -0.2) is 4.79 Å². The Balaban J connectivity index is 1.42. The Hall–Kier alpha value is -1.82. The first-order chi connectivity index (χ1) is 12.7. The molecular weight excluding hydrogens is 322 g/mol. The van der Waals surface area contributed by atoms with Gasteiger partial charge in [0.1, 0.15) is 6.10 Å². The van der Waals surface area contributed by atoms with Crippen molar-refractivity contribution in [3.05, 3.63) is 35.4 Å². The van der Waals surface area contributed by atoms with Crippen LogP contribution < -0.4 is 0 Å². The van der Waals surface area contributed by atoms with E-state index in [1.54, 1.807) is 24.3 Å². The number of ether oxygens (including phenoxy) is 1. The summed E-state index contributed by atoms with van der Waals surface area (Å²) in [6.07, 6.45) is 12.9. The van der Waals surface area contributed by atoms with Crippen LogP contribution in [0.1, 0.15) is 87.1 Å². The number of hydrogen-bond donors (Lipinski definition) is 0. The maximum absolute atomic E-state index is 12.3. The normalized spacial score (nSPS) is 28.9. The van der Waals surface area contributed by atoms with E-state index < -0.39 is 0 Å². The quantitative estimate of drug-likeness (QED) is 0.621. The molecule has 0 saturated heterocycles. The van der Waals surface area contributed by atoms with Crippen LogP contribution in [0.5, 0.6) is 0 Å². The molecular formula is C23H31NO2. The van der Waals surface area contributed by atoms with E-state index in [0.717, 1.165) is 30.6 Å². The summed E-state index contributed by atoms with van der Waals surface area (Å²) < 4.78 is 5.71. The van der Waals surface area contributed by atoms with Gasteiger partial charge in [0.2, 0.25) is 0 Å². The summed E-state index contributed by atoms with van der Waals surface area (Å²) in [6, 6.07) is 8.77. The highest BCUT2D eigenvalue weighted by molar-refractivity contribution is 5.89. The van der Waals surface area contributed by atoms with Crippen molar-refractivity contribution in [3.8, 4) is 6.07 Å². The van der Waals surface area contributed by atoms with Gasteiger partial charge in [0, 0.05) is 0 Å². The van der Waals surface area contributed by atoms with Gasteiger partial charge in [-0.05, 0) is 80.5 Å². The molecule has 0 bridgehead atoms. The Kier molecular flexibility index (Phi) is 6.72. The van der Waals surface area contributed by atoms with Crippen LogP contribution >= 0.6 is 0 Å². The number of benzene rings is 1. The van der Waals surface area contributed by atoms with E-state index in [4.69, 9.17) is 10.00 Å². The van der Waals surface area contributed by atoms with Crippen LogP contribution in [0.2, 0.25) is 0 Å². The molecule has 0 unspecified atom stereocenters. The summed E-state index contributed by atoms with van der Waals surface area (Å²) in [4.78, 5) is 12.3. The van der Waals surface area contributed by atoms with Crippen molar-refractivity contribution in [1.29, 1.82) is 5.26 Å². The Bertz CT molecular complexity index is 615. The zero-order valence-corrected chi connectivity index (χ0v) is 16.0. The molecule has 1 aromatic carbocycles. The fraction of sp³-hybridized carbons (Fsp3) is 0.652. The SMILES string of the molecule is CCCC1CCC(C2CCC(OC(=O)c3ccc(C#N)cc3)CC2)CC1. The fourth-order valence-electron chi connectivity index (χ4n) is 4.93. The van der Waals surface area contributed by atoms with E-state index in [2.05, 4.69) is 13.0 Å². The minimum absolute atomic E-state index is 0.0609. The highest BCUT2D eigenvalue weighted by atomic mass is 16.5. The first-order valence-corrected chi connectivity index (χ1v) is 10.4. The van der Waals surface area contributed by atoms with Crippen molar-refractivity contribution in [1.82, 2.24) is 0 Å². The van der Waals surface area contributed by atoms with E-state index in [1.165, 1.54) is 51.4 Å². The second kappa shape index (κ2) is 9.21. The topological polar surface area (TPSA) is 50.1 Å². The molecule has 1 aromatic rings. The second-order valence-electron chi connectivity index (χ2n) is 8.20. The highest BCUT2D eigenvalue weighted by Gasteiger charge is 2.31. The molecule has 0 amide bonds. The molecule has 140 valence electrons. The van der Waals surface area contributed by atoms with E-state index in [1.807, 2.05) is 0 Å². The van der Waals surface area contributed by atoms with Crippen LogP contribution in [0, 0.1) is 29.1 Å². The van der Waals surface area contributed by atoms with Crippen LogP contribution in [0.4, 0.5) is 0 Å². The van der Waals surface area contributed by atoms with Crippen LogP contribution in [-0.4, -0.2) is 12.1 Å². The largest absolute Gasteiger partial charge is 0.459 e. The van der Waals surface area contributed by atoms with Crippen molar-refractivity contribution >= 4 is 5.97 Å². The van der Waals surface area contributed by atoms with Crippen molar-refractivity contribution in [2.24, 2.45) is 17.8 Å². The van der Waals surface area contributed by atoms with Gasteiger partial charge in [0.05, 0.1) is 17.2 Å². The van der Waals surface area contributed by atoms with Crippen molar-refractivity contribution in [2.75, 3.05) is 0 Å². The molecule has 3 rings (SSSR count). The molecule has 3 heteroatoms. The summed E-state index contributed by atoms with van der Waals surface area (Å²) >= 11 is 0. The summed E-state index contributed by atoms with van der Waals surface area (Å²) in [5, 5.41) is 8.84. The summed E-state index contributed by atoms with van der Waals surface area (Å²) in [5.41, 5.74) is 1.11. The van der Waals surface area contributed by atoms with Crippen molar-refractivity contribution in [3.63, 3.8) is 0 Å². The second-order valence-corrected chi connectivity index (χ2v) is 8.20. The van der Waals surface area contributed by atoms with Gasteiger partial charge in [-0.3, -0.25) is 0 Å². The molecule has 0 aliphatic heterocycles. The van der Waals surface area contributed by atoms with Gasteiger partial charge in [0.15, 0.2) is 0 Å². The Morgan fingerprint density at radius 3 is 2.12 bits per heavy atom. The van der Waals surface area contributed by atoms with E-state index >= 15 is 0 Å². The number of rotatable bonds is 5. The third kappa shape index (κ3) is 4.87. The van der Waals surface area contributed by atoms with Crippen molar-refractivity contribution < 1.29 is 9.53 Å². The molecule has 3 nitrogen and oxygen atoms in total. The minimum Gasteiger partial charge on any atom is -0.459 e. The molecule has 26 heavy (non-hydrogen) atoms. The molecule has 0 atom stereocenters. The van der Waals surface area contributed by atoms with E-state index in [0.29, 0.717) is 11.1 Å². The van der Waals surface area contributed by atoms with Crippen LogP contribution in [-0.2, 0) is 4.74 Å². The van der Waals surface area contributed by atoms with Gasteiger partial charge in [-0.15, -0.1) is 0 Å². The van der Waals surface area contributed by atoms with Gasteiger partial charge in [0.25, 0.3) is 0 Å². The van der Waals surface area contributed by atoms with Crippen LogP contribution in [0.25, 0.3) is 0 Å². The maximum Gasteiger partial charge on any atom is 0.338 e. The first kappa shape index (κ1) is 19.0.